The number of carbonyl (C=O) groups excluding carboxylic acids is 1. The number of aromatic nitrogens is 3. The summed E-state index contributed by atoms with van der Waals surface area (Å²) in [6.07, 6.45) is 5.51. The van der Waals surface area contributed by atoms with Gasteiger partial charge in [-0.25, -0.2) is 4.98 Å². The number of ether oxygens (including phenoxy) is 1. The van der Waals surface area contributed by atoms with Gasteiger partial charge in [-0.3, -0.25) is 9.89 Å². The molecule has 1 aromatic carbocycles. The Kier molecular flexibility index (Phi) is 3.34. The van der Waals surface area contributed by atoms with Crippen LogP contribution in [0.5, 0.6) is 5.75 Å². The molecule has 2 aliphatic rings. The number of nitrogens with one attached hydrogen (secondary N) is 1. The summed E-state index contributed by atoms with van der Waals surface area (Å²) in [5, 5.41) is 7.42. The smallest absolute Gasteiger partial charge is 0.282 e. The number of likely N-dealkylation sites (tertiary alicyclic amines) is 1. The minimum atomic E-state index is 0.0572. The molecule has 0 unspecified atom stereocenters. The minimum Gasteiger partial charge on any atom is -0.492 e. The number of amides is 1. The molecular formula is C18H16N4O2S. The third kappa shape index (κ3) is 2.42. The molecule has 0 atom stereocenters. The molecule has 4 heterocycles. The van der Waals surface area contributed by atoms with Crippen molar-refractivity contribution in [1.82, 2.24) is 20.1 Å². The van der Waals surface area contributed by atoms with E-state index in [1.54, 1.807) is 6.20 Å². The number of fused-ring (bicyclic) bond motifs is 3. The van der Waals surface area contributed by atoms with Crippen molar-refractivity contribution in [3.63, 3.8) is 0 Å². The van der Waals surface area contributed by atoms with Crippen LogP contribution < -0.4 is 4.74 Å². The summed E-state index contributed by atoms with van der Waals surface area (Å²) >= 11 is 1.50. The lowest BCUT2D eigenvalue weighted by Gasteiger charge is -2.29. The van der Waals surface area contributed by atoms with Crippen LogP contribution in [0.4, 0.5) is 0 Å². The maximum absolute atomic E-state index is 12.5. The average Bonchev–Trinajstić information content (AvgIpc) is 3.20. The summed E-state index contributed by atoms with van der Waals surface area (Å²) < 4.78 is 5.95. The van der Waals surface area contributed by atoms with E-state index in [2.05, 4.69) is 15.2 Å². The fraction of sp³-hybridized carbons (Fsp3) is 0.278. The zero-order valence-corrected chi connectivity index (χ0v) is 14.3. The van der Waals surface area contributed by atoms with Gasteiger partial charge in [0.25, 0.3) is 5.91 Å². The number of hydrogen-bond donors (Lipinski definition) is 1. The molecule has 0 radical (unpaired) electrons. The third-order valence-corrected chi connectivity index (χ3v) is 5.78. The van der Waals surface area contributed by atoms with E-state index in [4.69, 9.17) is 4.74 Å². The molecule has 5 rings (SSSR count). The highest BCUT2D eigenvalue weighted by Crippen LogP contribution is 2.39. The predicted octanol–water partition coefficient (Wildman–Crippen LogP) is 2.98. The van der Waals surface area contributed by atoms with Gasteiger partial charge < -0.3 is 9.64 Å². The van der Waals surface area contributed by atoms with Crippen LogP contribution in [0.1, 0.15) is 21.1 Å². The van der Waals surface area contributed by atoms with E-state index < -0.39 is 0 Å². The van der Waals surface area contributed by atoms with Gasteiger partial charge in [-0.05, 0) is 24.1 Å². The van der Waals surface area contributed by atoms with Gasteiger partial charge in [0, 0.05) is 41.7 Å². The van der Waals surface area contributed by atoms with E-state index in [1.165, 1.54) is 11.3 Å². The van der Waals surface area contributed by atoms with E-state index >= 15 is 0 Å². The first-order chi connectivity index (χ1) is 12.3. The van der Waals surface area contributed by atoms with Crippen LogP contribution >= 0.6 is 11.3 Å². The summed E-state index contributed by atoms with van der Waals surface area (Å²) in [4.78, 5) is 20.1. The Morgan fingerprint density at radius 2 is 2.20 bits per heavy atom. The number of benzene rings is 1. The van der Waals surface area contributed by atoms with Crippen LogP contribution in [0.3, 0.4) is 0 Å². The van der Waals surface area contributed by atoms with E-state index in [-0.39, 0.29) is 5.91 Å². The normalized spacial score (nSPS) is 15.6. The maximum atomic E-state index is 12.5. The van der Waals surface area contributed by atoms with Crippen LogP contribution in [0.15, 0.2) is 30.6 Å². The van der Waals surface area contributed by atoms with Crippen LogP contribution in [-0.4, -0.2) is 45.7 Å². The Bertz CT molecular complexity index is 944. The lowest BCUT2D eigenvalue weighted by Crippen LogP contribution is -2.41. The van der Waals surface area contributed by atoms with E-state index in [9.17, 15) is 4.79 Å². The zero-order chi connectivity index (χ0) is 16.8. The molecule has 1 fully saturated rings. The molecule has 1 saturated heterocycles. The number of thiazole rings is 1. The van der Waals surface area contributed by atoms with Gasteiger partial charge in [0.2, 0.25) is 0 Å². The first-order valence-electron chi connectivity index (χ1n) is 8.35. The molecule has 2 aromatic heterocycles. The van der Waals surface area contributed by atoms with E-state index in [1.807, 2.05) is 29.3 Å². The first-order valence-corrected chi connectivity index (χ1v) is 9.16. The molecule has 0 spiro atoms. The molecule has 3 aromatic rings. The first kappa shape index (κ1) is 14.7. The van der Waals surface area contributed by atoms with Crippen LogP contribution in [0.2, 0.25) is 0 Å². The predicted molar refractivity (Wildman–Crippen MR) is 94.9 cm³/mol. The molecule has 0 bridgehead atoms. The van der Waals surface area contributed by atoms with Crippen molar-refractivity contribution < 1.29 is 9.53 Å². The number of aromatic amines is 1. The van der Waals surface area contributed by atoms with Gasteiger partial charge in [0.15, 0.2) is 5.01 Å². The second-order valence-electron chi connectivity index (χ2n) is 6.23. The summed E-state index contributed by atoms with van der Waals surface area (Å²) in [7, 11) is 0. The number of nitrogens with zero attached hydrogens (tertiary/aromatic N) is 3. The standard InChI is InChI=1S/C18H16N4O2S/c23-18(22-5-1-6-22)17-21-16-13-3-2-11(12-9-19-20-10-12)8-14(13)24-7-4-15(16)25-17/h2-3,8-10H,1,4-7H2,(H,19,20). The second-order valence-corrected chi connectivity index (χ2v) is 7.32. The largest absolute Gasteiger partial charge is 0.492 e. The van der Waals surface area contributed by atoms with Crippen molar-refractivity contribution in [2.75, 3.05) is 19.7 Å². The average molecular weight is 352 g/mol. The molecule has 1 N–H and O–H groups in total. The van der Waals surface area contributed by atoms with Gasteiger partial charge in [0.05, 0.1) is 18.5 Å². The lowest BCUT2D eigenvalue weighted by molar-refractivity contribution is 0.0651. The summed E-state index contributed by atoms with van der Waals surface area (Å²) in [5.41, 5.74) is 3.91. The fourth-order valence-electron chi connectivity index (χ4n) is 3.16. The fourth-order valence-corrected chi connectivity index (χ4v) is 4.18. The molecule has 126 valence electrons. The van der Waals surface area contributed by atoms with Gasteiger partial charge in [0.1, 0.15) is 5.75 Å². The Balaban J connectivity index is 1.56. The lowest BCUT2D eigenvalue weighted by atomic mass is 10.0. The summed E-state index contributed by atoms with van der Waals surface area (Å²) in [6.45, 7) is 2.28. The quantitative estimate of drug-likeness (QED) is 0.770. The highest BCUT2D eigenvalue weighted by atomic mass is 32.1. The van der Waals surface area contributed by atoms with Crippen molar-refractivity contribution in [3.05, 3.63) is 40.5 Å². The Hall–Kier alpha value is -2.67. The van der Waals surface area contributed by atoms with Crippen molar-refractivity contribution >= 4 is 17.2 Å². The molecule has 2 aliphatic heterocycles. The number of rotatable bonds is 2. The summed E-state index contributed by atoms with van der Waals surface area (Å²) in [5.74, 6) is 0.868. The van der Waals surface area contributed by atoms with Gasteiger partial charge >= 0.3 is 0 Å². The van der Waals surface area contributed by atoms with Crippen LogP contribution in [0.25, 0.3) is 22.4 Å². The van der Waals surface area contributed by atoms with Crippen molar-refractivity contribution in [3.8, 4) is 28.1 Å². The molecule has 0 aliphatic carbocycles. The van der Waals surface area contributed by atoms with Crippen molar-refractivity contribution in [1.29, 1.82) is 0 Å². The topological polar surface area (TPSA) is 71.1 Å². The number of hydrogen-bond acceptors (Lipinski definition) is 5. The highest BCUT2D eigenvalue weighted by molar-refractivity contribution is 7.14. The van der Waals surface area contributed by atoms with Gasteiger partial charge in [-0.1, -0.05) is 6.07 Å². The second kappa shape index (κ2) is 5.70. The third-order valence-electron chi connectivity index (χ3n) is 4.68. The number of H-pyrrole nitrogens is 1. The van der Waals surface area contributed by atoms with Crippen molar-refractivity contribution in [2.24, 2.45) is 0 Å². The van der Waals surface area contributed by atoms with Gasteiger partial charge in [-0.2, -0.15) is 5.10 Å². The Morgan fingerprint density at radius 1 is 1.28 bits per heavy atom. The Morgan fingerprint density at radius 3 is 2.96 bits per heavy atom. The molecule has 25 heavy (non-hydrogen) atoms. The molecular weight excluding hydrogens is 336 g/mol. The van der Waals surface area contributed by atoms with E-state index in [0.717, 1.165) is 58.9 Å². The van der Waals surface area contributed by atoms with Crippen LogP contribution in [0, 0.1) is 0 Å². The Labute approximate surface area is 148 Å². The highest BCUT2D eigenvalue weighted by Gasteiger charge is 2.28. The molecule has 0 saturated carbocycles. The SMILES string of the molecule is O=C(c1nc2c(s1)CCOc1cc(-c3cn[nH]c3)ccc1-2)N1CCC1. The van der Waals surface area contributed by atoms with Crippen molar-refractivity contribution in [2.45, 2.75) is 12.8 Å². The van der Waals surface area contributed by atoms with Gasteiger partial charge in [-0.15, -0.1) is 11.3 Å². The zero-order valence-electron chi connectivity index (χ0n) is 13.5. The summed E-state index contributed by atoms with van der Waals surface area (Å²) in [6, 6.07) is 6.09. The van der Waals surface area contributed by atoms with Crippen LogP contribution in [-0.2, 0) is 6.42 Å². The minimum absolute atomic E-state index is 0.0572. The molecule has 7 heteroatoms. The maximum Gasteiger partial charge on any atom is 0.282 e. The monoisotopic (exact) mass is 352 g/mol. The van der Waals surface area contributed by atoms with E-state index in [0.29, 0.717) is 11.6 Å². The molecule has 1 amide bonds. The molecule has 6 nitrogen and oxygen atoms in total. The number of carbonyl (C=O) groups is 1.